The van der Waals surface area contributed by atoms with Gasteiger partial charge in [-0.2, -0.15) is 0 Å². The number of hydrogen-bond acceptors (Lipinski definition) is 2. The second-order valence-electron chi connectivity index (χ2n) is 4.38. The minimum atomic E-state index is -0.713. The first-order valence-corrected chi connectivity index (χ1v) is 6.81. The molecule has 5 heteroatoms. The SMILES string of the molecule is C[C@H](O)c1ccc(Br)cc1OCc1cc(F)ccc1F. The van der Waals surface area contributed by atoms with Crippen LogP contribution in [0.1, 0.15) is 24.2 Å². The standard InChI is InChI=1S/C15H13BrF2O2/c1-9(19)13-4-2-11(16)7-15(13)20-8-10-6-12(17)3-5-14(10)18/h2-7,9,19H,8H2,1H3/t9-/m0/s1. The molecule has 2 aromatic rings. The van der Waals surface area contributed by atoms with Crippen molar-refractivity contribution in [3.05, 3.63) is 63.6 Å². The monoisotopic (exact) mass is 342 g/mol. The number of aliphatic hydroxyl groups excluding tert-OH is 1. The lowest BCUT2D eigenvalue weighted by Crippen LogP contribution is -2.03. The summed E-state index contributed by atoms with van der Waals surface area (Å²) in [6, 6.07) is 8.38. The predicted molar refractivity (Wildman–Crippen MR) is 75.5 cm³/mol. The molecule has 0 unspecified atom stereocenters. The highest BCUT2D eigenvalue weighted by Crippen LogP contribution is 2.29. The first kappa shape index (κ1) is 14.9. The Kier molecular flexibility index (Phi) is 4.73. The fraction of sp³-hybridized carbons (Fsp3) is 0.200. The highest BCUT2D eigenvalue weighted by atomic mass is 79.9. The number of halogens is 3. The molecule has 0 aliphatic rings. The summed E-state index contributed by atoms with van der Waals surface area (Å²) in [5, 5.41) is 9.66. The molecule has 0 aliphatic heterocycles. The van der Waals surface area contributed by atoms with Crippen molar-refractivity contribution in [2.24, 2.45) is 0 Å². The molecule has 1 atom stereocenters. The smallest absolute Gasteiger partial charge is 0.130 e. The quantitative estimate of drug-likeness (QED) is 0.894. The van der Waals surface area contributed by atoms with Crippen molar-refractivity contribution in [3.8, 4) is 5.75 Å². The molecule has 2 nitrogen and oxygen atoms in total. The van der Waals surface area contributed by atoms with Crippen molar-refractivity contribution in [1.82, 2.24) is 0 Å². The Bertz CT molecular complexity index is 615. The maximum absolute atomic E-state index is 13.5. The summed E-state index contributed by atoms with van der Waals surface area (Å²) in [7, 11) is 0. The molecule has 0 heterocycles. The van der Waals surface area contributed by atoms with Crippen molar-refractivity contribution in [3.63, 3.8) is 0 Å². The summed E-state index contributed by atoms with van der Waals surface area (Å²) in [5.74, 6) is -0.618. The number of aliphatic hydroxyl groups is 1. The molecule has 1 N–H and O–H groups in total. The van der Waals surface area contributed by atoms with E-state index in [1.165, 1.54) is 0 Å². The van der Waals surface area contributed by atoms with Gasteiger partial charge in [0.25, 0.3) is 0 Å². The van der Waals surface area contributed by atoms with Crippen molar-refractivity contribution in [2.45, 2.75) is 19.6 Å². The minimum absolute atomic E-state index is 0.111. The Morgan fingerprint density at radius 1 is 1.20 bits per heavy atom. The lowest BCUT2D eigenvalue weighted by atomic mass is 10.1. The van der Waals surface area contributed by atoms with E-state index < -0.39 is 17.7 Å². The molecule has 2 rings (SSSR count). The van der Waals surface area contributed by atoms with E-state index in [9.17, 15) is 13.9 Å². The average Bonchev–Trinajstić information content (AvgIpc) is 2.39. The molecule has 20 heavy (non-hydrogen) atoms. The van der Waals surface area contributed by atoms with Crippen LogP contribution in [0.4, 0.5) is 8.78 Å². The van der Waals surface area contributed by atoms with Gasteiger partial charge < -0.3 is 9.84 Å². The lowest BCUT2D eigenvalue weighted by Gasteiger charge is -2.14. The van der Waals surface area contributed by atoms with Crippen LogP contribution < -0.4 is 4.74 Å². The third-order valence-corrected chi connectivity index (χ3v) is 3.31. The van der Waals surface area contributed by atoms with Crippen LogP contribution in [0, 0.1) is 11.6 Å². The van der Waals surface area contributed by atoms with Crippen LogP contribution in [0.15, 0.2) is 40.9 Å². The van der Waals surface area contributed by atoms with Gasteiger partial charge in [-0.15, -0.1) is 0 Å². The van der Waals surface area contributed by atoms with Gasteiger partial charge in [0.15, 0.2) is 0 Å². The van der Waals surface area contributed by atoms with Gasteiger partial charge in [0.1, 0.15) is 24.0 Å². The number of hydrogen-bond donors (Lipinski definition) is 1. The van der Waals surface area contributed by atoms with Crippen molar-refractivity contribution >= 4 is 15.9 Å². The zero-order valence-corrected chi connectivity index (χ0v) is 12.3. The van der Waals surface area contributed by atoms with E-state index in [4.69, 9.17) is 4.74 Å². The molecule has 0 radical (unpaired) electrons. The van der Waals surface area contributed by atoms with Crippen LogP contribution in [0.3, 0.4) is 0 Å². The molecule has 0 aromatic heterocycles. The topological polar surface area (TPSA) is 29.5 Å². The van der Waals surface area contributed by atoms with Gasteiger partial charge in [0.2, 0.25) is 0 Å². The van der Waals surface area contributed by atoms with Gasteiger partial charge in [-0.3, -0.25) is 0 Å². The van der Waals surface area contributed by atoms with E-state index in [1.807, 2.05) is 0 Å². The van der Waals surface area contributed by atoms with E-state index in [1.54, 1.807) is 25.1 Å². The zero-order chi connectivity index (χ0) is 14.7. The molecule has 0 spiro atoms. The molecule has 2 aromatic carbocycles. The molecular weight excluding hydrogens is 330 g/mol. The van der Waals surface area contributed by atoms with Crippen LogP contribution in [0.5, 0.6) is 5.75 Å². The first-order chi connectivity index (χ1) is 9.47. The van der Waals surface area contributed by atoms with Crippen molar-refractivity contribution in [2.75, 3.05) is 0 Å². The summed E-state index contributed by atoms with van der Waals surface area (Å²) < 4.78 is 32.9. The maximum Gasteiger partial charge on any atom is 0.130 e. The summed E-state index contributed by atoms with van der Waals surface area (Å²) in [5.41, 5.74) is 0.714. The molecule has 106 valence electrons. The van der Waals surface area contributed by atoms with Crippen LogP contribution in [0.2, 0.25) is 0 Å². The Labute approximate surface area is 124 Å². The minimum Gasteiger partial charge on any atom is -0.488 e. The van der Waals surface area contributed by atoms with Crippen molar-refractivity contribution < 1.29 is 18.6 Å². The molecule has 0 saturated heterocycles. The van der Waals surface area contributed by atoms with Crippen molar-refractivity contribution in [1.29, 1.82) is 0 Å². The Hall–Kier alpha value is -1.46. The fourth-order valence-corrected chi connectivity index (χ4v) is 2.13. The maximum atomic E-state index is 13.5. The number of benzene rings is 2. The second kappa shape index (κ2) is 6.33. The lowest BCUT2D eigenvalue weighted by molar-refractivity contribution is 0.189. The highest BCUT2D eigenvalue weighted by Gasteiger charge is 2.11. The summed E-state index contributed by atoms with van der Waals surface area (Å²) >= 11 is 3.30. The van der Waals surface area contributed by atoms with E-state index in [-0.39, 0.29) is 12.2 Å². The highest BCUT2D eigenvalue weighted by molar-refractivity contribution is 9.10. The predicted octanol–water partition coefficient (Wildman–Crippen LogP) is 4.36. The van der Waals surface area contributed by atoms with Gasteiger partial charge in [-0.25, -0.2) is 8.78 Å². The van der Waals surface area contributed by atoms with Gasteiger partial charge in [0.05, 0.1) is 6.10 Å². The number of rotatable bonds is 4. The van der Waals surface area contributed by atoms with E-state index in [2.05, 4.69) is 15.9 Å². The van der Waals surface area contributed by atoms with Gasteiger partial charge in [-0.1, -0.05) is 22.0 Å². The van der Waals surface area contributed by atoms with Gasteiger partial charge >= 0.3 is 0 Å². The summed E-state index contributed by atoms with van der Waals surface area (Å²) in [6.07, 6.45) is -0.713. The molecule has 0 amide bonds. The summed E-state index contributed by atoms with van der Waals surface area (Å²) in [4.78, 5) is 0. The molecular formula is C15H13BrF2O2. The molecule has 0 bridgehead atoms. The largest absolute Gasteiger partial charge is 0.488 e. The summed E-state index contributed by atoms with van der Waals surface area (Å²) in [6.45, 7) is 1.50. The van der Waals surface area contributed by atoms with Gasteiger partial charge in [-0.05, 0) is 37.3 Å². The Morgan fingerprint density at radius 2 is 1.95 bits per heavy atom. The van der Waals surface area contributed by atoms with Crippen LogP contribution in [0.25, 0.3) is 0 Å². The zero-order valence-electron chi connectivity index (χ0n) is 10.7. The van der Waals surface area contributed by atoms with E-state index in [0.29, 0.717) is 11.3 Å². The van der Waals surface area contributed by atoms with E-state index >= 15 is 0 Å². The Balaban J connectivity index is 2.22. The van der Waals surface area contributed by atoms with Crippen LogP contribution in [-0.2, 0) is 6.61 Å². The third kappa shape index (κ3) is 3.55. The Morgan fingerprint density at radius 3 is 2.65 bits per heavy atom. The third-order valence-electron chi connectivity index (χ3n) is 2.82. The average molecular weight is 343 g/mol. The molecule has 0 saturated carbocycles. The normalized spacial score (nSPS) is 12.2. The van der Waals surface area contributed by atoms with E-state index in [0.717, 1.165) is 22.7 Å². The molecule has 0 aliphatic carbocycles. The molecule has 0 fully saturated rings. The van der Waals surface area contributed by atoms with Gasteiger partial charge in [0, 0.05) is 15.6 Å². The van der Waals surface area contributed by atoms with Crippen LogP contribution >= 0.6 is 15.9 Å². The number of ether oxygens (including phenoxy) is 1. The van der Waals surface area contributed by atoms with Crippen LogP contribution in [-0.4, -0.2) is 5.11 Å². The first-order valence-electron chi connectivity index (χ1n) is 6.01. The second-order valence-corrected chi connectivity index (χ2v) is 5.30. The fourth-order valence-electron chi connectivity index (χ4n) is 1.79.